The number of fused-ring (bicyclic) bond motifs is 1. The Labute approximate surface area is 289 Å². The Balaban J connectivity index is 1.55. The summed E-state index contributed by atoms with van der Waals surface area (Å²) >= 11 is 1.58. The number of Topliss-reactive ketones (excluding diaryl/α,β-unsaturated/α-hetero) is 1. The Morgan fingerprint density at radius 2 is 1.72 bits per heavy atom. The average Bonchev–Trinajstić information content (AvgIpc) is 3.59. The molecule has 3 fully saturated rings. The number of carbonyl (C=O) groups excluding carboxylic acids is 1. The van der Waals surface area contributed by atoms with E-state index in [4.69, 9.17) is 8.85 Å². The molecule has 0 aromatic carbocycles. The maximum atomic E-state index is 12.8. The largest absolute Gasteiger partial charge is 0.413 e. The lowest BCUT2D eigenvalue weighted by atomic mass is 9.60. The molecule has 1 aromatic heterocycles. The molecular weight excluding hydrogens is 617 g/mol. The minimum absolute atomic E-state index is 0.0132. The summed E-state index contributed by atoms with van der Waals surface area (Å²) in [5.41, 5.74) is 4.45. The standard InChI is InChI=1S/C40H66O3SSi2/c1-28(18-23-35(41)37-17-15-25-44-37)33-21-22-34-30(16-14-24-40(33,34)9)19-20-31-26-32(42-45(10,11)38(3,4)5)27-36(29(31)2)43-46(12,13)39(6,7)8/h15,17,19-20,25,28,32-34,36H,2,14,16,18,21-24,26-27H2,1,3-13H3/t28-,32?,33-,34+,36?,40-/m1/s1. The summed E-state index contributed by atoms with van der Waals surface area (Å²) < 4.78 is 14.2. The summed E-state index contributed by atoms with van der Waals surface area (Å²) in [7, 11) is -3.93. The van der Waals surface area contributed by atoms with E-state index in [1.807, 2.05) is 17.5 Å². The van der Waals surface area contributed by atoms with Gasteiger partial charge in [0.2, 0.25) is 0 Å². The molecular formula is C40H66O3SSi2. The Morgan fingerprint density at radius 1 is 1.07 bits per heavy atom. The van der Waals surface area contributed by atoms with Crippen molar-refractivity contribution in [3.05, 3.63) is 57.8 Å². The van der Waals surface area contributed by atoms with Crippen molar-refractivity contribution >= 4 is 33.8 Å². The summed E-state index contributed by atoms with van der Waals surface area (Å²) in [5.74, 6) is 2.20. The Hall–Kier alpha value is -1.06. The van der Waals surface area contributed by atoms with E-state index in [1.165, 1.54) is 43.3 Å². The molecule has 1 aromatic rings. The summed E-state index contributed by atoms with van der Waals surface area (Å²) in [5, 5.41) is 2.33. The molecule has 0 aliphatic heterocycles. The minimum atomic E-state index is -1.99. The van der Waals surface area contributed by atoms with Crippen molar-refractivity contribution in [2.24, 2.45) is 23.2 Å². The van der Waals surface area contributed by atoms with Gasteiger partial charge in [-0.1, -0.05) is 85.8 Å². The van der Waals surface area contributed by atoms with Gasteiger partial charge in [-0.2, -0.15) is 0 Å². The van der Waals surface area contributed by atoms with Crippen LogP contribution in [0, 0.1) is 23.2 Å². The van der Waals surface area contributed by atoms with E-state index < -0.39 is 16.6 Å². The molecule has 46 heavy (non-hydrogen) atoms. The van der Waals surface area contributed by atoms with Crippen molar-refractivity contribution in [2.45, 2.75) is 162 Å². The van der Waals surface area contributed by atoms with Crippen LogP contribution in [-0.4, -0.2) is 34.6 Å². The van der Waals surface area contributed by atoms with Gasteiger partial charge in [-0.3, -0.25) is 4.79 Å². The van der Waals surface area contributed by atoms with Crippen LogP contribution in [0.5, 0.6) is 0 Å². The van der Waals surface area contributed by atoms with Crippen molar-refractivity contribution in [3.63, 3.8) is 0 Å². The number of ketones is 1. The molecule has 0 amide bonds. The number of thiophene rings is 1. The highest BCUT2D eigenvalue weighted by Gasteiger charge is 2.51. The molecule has 258 valence electrons. The van der Waals surface area contributed by atoms with Crippen molar-refractivity contribution in [1.29, 1.82) is 0 Å². The molecule has 2 unspecified atom stereocenters. The van der Waals surface area contributed by atoms with Gasteiger partial charge in [0.25, 0.3) is 0 Å². The van der Waals surface area contributed by atoms with Crippen molar-refractivity contribution < 1.29 is 13.6 Å². The number of hydrogen-bond acceptors (Lipinski definition) is 4. The summed E-state index contributed by atoms with van der Waals surface area (Å²) in [6.07, 6.45) is 14.9. The second-order valence-electron chi connectivity index (χ2n) is 18.3. The summed E-state index contributed by atoms with van der Waals surface area (Å²) in [6.45, 7) is 33.1. The molecule has 6 heteroatoms. The first-order chi connectivity index (χ1) is 21.2. The first-order valence-corrected chi connectivity index (χ1v) is 24.9. The van der Waals surface area contributed by atoms with Crippen molar-refractivity contribution in [3.8, 4) is 0 Å². The van der Waals surface area contributed by atoms with Crippen LogP contribution in [0.25, 0.3) is 0 Å². The van der Waals surface area contributed by atoms with Crippen LogP contribution in [0.3, 0.4) is 0 Å². The lowest BCUT2D eigenvalue weighted by molar-refractivity contribution is 0.0857. The fourth-order valence-corrected chi connectivity index (χ4v) is 11.5. The highest BCUT2D eigenvalue weighted by atomic mass is 32.1. The van der Waals surface area contributed by atoms with E-state index >= 15 is 0 Å². The zero-order valence-electron chi connectivity index (χ0n) is 31.5. The molecule has 0 saturated heterocycles. The van der Waals surface area contributed by atoms with Gasteiger partial charge < -0.3 is 8.85 Å². The molecule has 0 spiro atoms. The van der Waals surface area contributed by atoms with Gasteiger partial charge in [-0.15, -0.1) is 11.3 Å². The molecule has 6 atom stereocenters. The van der Waals surface area contributed by atoms with Gasteiger partial charge in [0.1, 0.15) is 0 Å². The maximum Gasteiger partial charge on any atom is 0.192 e. The number of hydrogen-bond donors (Lipinski definition) is 0. The lowest BCUT2D eigenvalue weighted by Crippen LogP contribution is -2.49. The smallest absolute Gasteiger partial charge is 0.192 e. The summed E-state index contributed by atoms with van der Waals surface area (Å²) in [6, 6.07) is 3.96. The third-order valence-electron chi connectivity index (χ3n) is 13.1. The second-order valence-corrected chi connectivity index (χ2v) is 28.7. The quantitative estimate of drug-likeness (QED) is 0.182. The third-order valence-corrected chi connectivity index (χ3v) is 23.0. The predicted octanol–water partition coefficient (Wildman–Crippen LogP) is 12.5. The van der Waals surface area contributed by atoms with Crippen LogP contribution in [0.4, 0.5) is 0 Å². The average molecular weight is 683 g/mol. The van der Waals surface area contributed by atoms with Crippen LogP contribution in [-0.2, 0) is 8.85 Å². The van der Waals surface area contributed by atoms with Crippen molar-refractivity contribution in [1.82, 2.24) is 0 Å². The van der Waals surface area contributed by atoms with E-state index in [0.29, 0.717) is 35.4 Å². The van der Waals surface area contributed by atoms with Gasteiger partial charge >= 0.3 is 0 Å². The first-order valence-electron chi connectivity index (χ1n) is 18.2. The van der Waals surface area contributed by atoms with Gasteiger partial charge in [-0.25, -0.2) is 0 Å². The van der Waals surface area contributed by atoms with Gasteiger partial charge in [0.05, 0.1) is 17.1 Å². The van der Waals surface area contributed by atoms with Crippen LogP contribution in [0.1, 0.15) is 123 Å². The zero-order chi connectivity index (χ0) is 34.3. The molecule has 1 heterocycles. The monoisotopic (exact) mass is 682 g/mol. The molecule has 0 bridgehead atoms. The van der Waals surface area contributed by atoms with E-state index in [9.17, 15) is 4.79 Å². The van der Waals surface area contributed by atoms with Gasteiger partial charge in [0, 0.05) is 12.8 Å². The fourth-order valence-electron chi connectivity index (χ4n) is 8.10. The lowest BCUT2D eigenvalue weighted by Gasteiger charge is -2.46. The molecule has 0 N–H and O–H groups in total. The van der Waals surface area contributed by atoms with Gasteiger partial charge in [-0.05, 0) is 127 Å². The molecule has 4 rings (SSSR count). The Bertz CT molecular complexity index is 1290. The predicted molar refractivity (Wildman–Crippen MR) is 204 cm³/mol. The SMILES string of the molecule is C=C1C(=CC=C2CCC[C@]3(C)[C@@H]([C@H](C)CCC(=O)c4cccs4)CC[C@@H]23)CC(O[Si](C)(C)C(C)(C)C)CC1O[Si](C)(C)C(C)(C)C. The maximum absolute atomic E-state index is 12.8. The second kappa shape index (κ2) is 14.1. The number of rotatable bonds is 10. The van der Waals surface area contributed by atoms with Gasteiger partial charge in [0.15, 0.2) is 22.4 Å². The molecule has 0 radical (unpaired) electrons. The molecule has 3 saturated carbocycles. The van der Waals surface area contributed by atoms with Crippen LogP contribution in [0.15, 0.2) is 53.0 Å². The van der Waals surface area contributed by atoms with Crippen LogP contribution in [0.2, 0.25) is 36.3 Å². The Kier molecular flexibility index (Phi) is 11.5. The highest BCUT2D eigenvalue weighted by Crippen LogP contribution is 2.60. The molecule has 3 aliphatic carbocycles. The van der Waals surface area contributed by atoms with Crippen LogP contribution < -0.4 is 0 Å². The zero-order valence-corrected chi connectivity index (χ0v) is 34.3. The normalized spacial score (nSPS) is 30.6. The fraction of sp³-hybridized carbons (Fsp3) is 0.725. The van der Waals surface area contributed by atoms with E-state index in [1.54, 1.807) is 16.9 Å². The highest BCUT2D eigenvalue weighted by molar-refractivity contribution is 7.12. The number of allylic oxidation sites excluding steroid dienone is 3. The minimum Gasteiger partial charge on any atom is -0.413 e. The van der Waals surface area contributed by atoms with E-state index in [-0.39, 0.29) is 22.3 Å². The topological polar surface area (TPSA) is 35.5 Å². The van der Waals surface area contributed by atoms with E-state index in [0.717, 1.165) is 24.1 Å². The summed E-state index contributed by atoms with van der Waals surface area (Å²) in [4.78, 5) is 13.7. The van der Waals surface area contributed by atoms with E-state index in [2.05, 4.69) is 100 Å². The molecule has 3 aliphatic rings. The Morgan fingerprint density at radius 3 is 2.33 bits per heavy atom. The molecule has 3 nitrogen and oxygen atoms in total. The third kappa shape index (κ3) is 8.21. The first kappa shape index (κ1) is 37.8. The van der Waals surface area contributed by atoms with Crippen LogP contribution >= 0.6 is 11.3 Å². The number of carbonyl (C=O) groups is 1. The van der Waals surface area contributed by atoms with Crippen molar-refractivity contribution in [2.75, 3.05) is 0 Å².